The molecule has 5 heteroatoms. The molecule has 1 saturated heterocycles. The largest absolute Gasteiger partial charge is 0.490 e. The second-order valence-electron chi connectivity index (χ2n) is 6.37. The molecule has 0 radical (unpaired) electrons. The number of hydrogen-bond donors (Lipinski definition) is 0. The fourth-order valence-electron chi connectivity index (χ4n) is 2.77. The fraction of sp³-hybridized carbons (Fsp3) is 0.474. The number of piperidine rings is 1. The Morgan fingerprint density at radius 3 is 2.62 bits per heavy atom. The summed E-state index contributed by atoms with van der Waals surface area (Å²) in [7, 11) is 1.61. The van der Waals surface area contributed by atoms with Crippen molar-refractivity contribution in [2.45, 2.75) is 32.8 Å². The van der Waals surface area contributed by atoms with E-state index in [4.69, 9.17) is 4.74 Å². The van der Waals surface area contributed by atoms with Gasteiger partial charge >= 0.3 is 0 Å². The van der Waals surface area contributed by atoms with Crippen LogP contribution >= 0.6 is 0 Å². The lowest BCUT2D eigenvalue weighted by Gasteiger charge is -2.33. The molecule has 0 spiro atoms. The molecule has 1 aromatic rings. The van der Waals surface area contributed by atoms with E-state index in [9.17, 15) is 9.59 Å². The van der Waals surface area contributed by atoms with Gasteiger partial charge in [-0.3, -0.25) is 9.59 Å². The van der Waals surface area contributed by atoms with Crippen LogP contribution in [0.2, 0.25) is 0 Å². The monoisotopic (exact) mass is 330 g/mol. The number of carbonyl (C=O) groups excluding carboxylic acids is 2. The third-order valence-corrected chi connectivity index (χ3v) is 4.36. The Labute approximate surface area is 143 Å². The molecular weight excluding hydrogens is 304 g/mol. The molecule has 1 heterocycles. The first-order valence-corrected chi connectivity index (χ1v) is 8.30. The maximum atomic E-state index is 12.2. The quantitative estimate of drug-likeness (QED) is 0.779. The molecule has 0 atom stereocenters. The molecule has 2 rings (SSSR count). The molecule has 130 valence electrons. The van der Waals surface area contributed by atoms with Crippen LogP contribution in [0, 0.1) is 13.8 Å². The molecule has 24 heavy (non-hydrogen) atoms. The Morgan fingerprint density at radius 2 is 2.00 bits per heavy atom. The maximum Gasteiger partial charge on any atom is 0.246 e. The Bertz CT molecular complexity index is 619. The lowest BCUT2D eigenvalue weighted by Crippen LogP contribution is -2.46. The number of rotatable bonds is 5. The van der Waals surface area contributed by atoms with Gasteiger partial charge in [-0.1, -0.05) is 18.7 Å². The van der Waals surface area contributed by atoms with Crippen LogP contribution in [0.1, 0.15) is 24.0 Å². The second-order valence-corrected chi connectivity index (χ2v) is 6.37. The minimum Gasteiger partial charge on any atom is -0.490 e. The van der Waals surface area contributed by atoms with Crippen molar-refractivity contribution in [1.29, 1.82) is 0 Å². The van der Waals surface area contributed by atoms with Gasteiger partial charge in [0, 0.05) is 33.0 Å². The predicted octanol–water partition coefficient (Wildman–Crippen LogP) is 2.32. The predicted molar refractivity (Wildman–Crippen MR) is 94.0 cm³/mol. The molecular formula is C19H26N2O3. The Balaban J connectivity index is 1.85. The van der Waals surface area contributed by atoms with Crippen molar-refractivity contribution in [2.75, 3.05) is 26.7 Å². The molecule has 0 aromatic heterocycles. The summed E-state index contributed by atoms with van der Waals surface area (Å²) in [6.45, 7) is 8.93. The first-order chi connectivity index (χ1) is 11.4. The van der Waals surface area contributed by atoms with Gasteiger partial charge in [-0.05, 0) is 37.1 Å². The Hall–Kier alpha value is -2.30. The summed E-state index contributed by atoms with van der Waals surface area (Å²) < 4.78 is 6.12. The van der Waals surface area contributed by atoms with Crippen molar-refractivity contribution >= 4 is 11.8 Å². The lowest BCUT2D eigenvalue weighted by atomic mass is 10.1. The average molecular weight is 330 g/mol. The van der Waals surface area contributed by atoms with Crippen molar-refractivity contribution in [1.82, 2.24) is 9.80 Å². The molecule has 0 saturated carbocycles. The highest BCUT2D eigenvalue weighted by molar-refractivity contribution is 5.90. The summed E-state index contributed by atoms with van der Waals surface area (Å²) in [5.41, 5.74) is 2.31. The SMILES string of the molecule is C=CC(=O)N(C)CC(=O)N1CCC(Oc2cc(C)ccc2C)CC1. The third-order valence-electron chi connectivity index (χ3n) is 4.36. The molecule has 1 aliphatic heterocycles. The summed E-state index contributed by atoms with van der Waals surface area (Å²) in [6.07, 6.45) is 2.95. The normalized spacial score (nSPS) is 15.0. The van der Waals surface area contributed by atoms with Crippen LogP contribution in [0.4, 0.5) is 0 Å². The van der Waals surface area contributed by atoms with Gasteiger partial charge in [0.1, 0.15) is 11.9 Å². The minimum atomic E-state index is -0.239. The number of nitrogens with zero attached hydrogens (tertiary/aromatic N) is 2. The van der Waals surface area contributed by atoms with Crippen LogP contribution in [0.5, 0.6) is 5.75 Å². The number of benzene rings is 1. The smallest absolute Gasteiger partial charge is 0.246 e. The summed E-state index contributed by atoms with van der Waals surface area (Å²) in [4.78, 5) is 26.9. The van der Waals surface area contributed by atoms with E-state index in [1.807, 2.05) is 6.92 Å². The molecule has 0 unspecified atom stereocenters. The zero-order chi connectivity index (χ0) is 17.7. The van der Waals surface area contributed by atoms with Gasteiger partial charge in [0.15, 0.2) is 0 Å². The fourth-order valence-corrected chi connectivity index (χ4v) is 2.77. The third kappa shape index (κ3) is 4.60. The Kier molecular flexibility index (Phi) is 6.01. The Morgan fingerprint density at radius 1 is 1.33 bits per heavy atom. The molecule has 1 fully saturated rings. The zero-order valence-electron chi connectivity index (χ0n) is 14.7. The van der Waals surface area contributed by atoms with Gasteiger partial charge in [-0.2, -0.15) is 0 Å². The molecule has 0 aliphatic carbocycles. The topological polar surface area (TPSA) is 49.9 Å². The molecule has 2 amide bonds. The van der Waals surface area contributed by atoms with Gasteiger partial charge in [0.05, 0.1) is 6.54 Å². The zero-order valence-corrected chi connectivity index (χ0v) is 14.7. The van der Waals surface area contributed by atoms with Crippen molar-refractivity contribution in [3.8, 4) is 5.75 Å². The van der Waals surface area contributed by atoms with Crippen molar-refractivity contribution < 1.29 is 14.3 Å². The van der Waals surface area contributed by atoms with Gasteiger partial charge in [0.2, 0.25) is 11.8 Å². The highest BCUT2D eigenvalue weighted by Crippen LogP contribution is 2.24. The summed E-state index contributed by atoms with van der Waals surface area (Å²) in [6, 6.07) is 6.20. The second kappa shape index (κ2) is 7.99. The van der Waals surface area contributed by atoms with Crippen LogP contribution in [-0.4, -0.2) is 54.4 Å². The molecule has 5 nitrogen and oxygen atoms in total. The summed E-state index contributed by atoms with van der Waals surface area (Å²) >= 11 is 0. The van der Waals surface area contributed by atoms with Crippen LogP contribution in [0.15, 0.2) is 30.9 Å². The number of likely N-dealkylation sites (N-methyl/N-ethyl adjacent to an activating group) is 1. The van der Waals surface area contributed by atoms with Crippen molar-refractivity contribution in [2.24, 2.45) is 0 Å². The average Bonchev–Trinajstić information content (AvgIpc) is 2.57. The van der Waals surface area contributed by atoms with Gasteiger partial charge in [-0.25, -0.2) is 0 Å². The van der Waals surface area contributed by atoms with Crippen LogP contribution in [0.3, 0.4) is 0 Å². The van der Waals surface area contributed by atoms with E-state index in [1.165, 1.54) is 16.5 Å². The minimum absolute atomic E-state index is 0.0297. The van der Waals surface area contributed by atoms with E-state index in [2.05, 4.69) is 31.7 Å². The van der Waals surface area contributed by atoms with E-state index < -0.39 is 0 Å². The standard InChI is InChI=1S/C19H26N2O3/c1-5-18(22)20(4)13-19(23)21-10-8-16(9-11-21)24-17-12-14(2)6-7-15(17)3/h5-7,12,16H,1,8-11,13H2,2-4H3. The first-order valence-electron chi connectivity index (χ1n) is 8.30. The summed E-state index contributed by atoms with van der Waals surface area (Å²) in [5, 5.41) is 0. The number of likely N-dealkylation sites (tertiary alicyclic amines) is 1. The van der Waals surface area contributed by atoms with E-state index in [1.54, 1.807) is 11.9 Å². The van der Waals surface area contributed by atoms with E-state index in [0.29, 0.717) is 13.1 Å². The molecule has 0 N–H and O–H groups in total. The number of aryl methyl sites for hydroxylation is 2. The van der Waals surface area contributed by atoms with Crippen molar-refractivity contribution in [3.05, 3.63) is 42.0 Å². The summed E-state index contributed by atoms with van der Waals surface area (Å²) in [5.74, 6) is 0.658. The highest BCUT2D eigenvalue weighted by Gasteiger charge is 2.25. The number of ether oxygens (including phenoxy) is 1. The molecule has 1 aliphatic rings. The van der Waals surface area contributed by atoms with Crippen LogP contribution in [0.25, 0.3) is 0 Å². The van der Waals surface area contributed by atoms with Crippen LogP contribution in [-0.2, 0) is 9.59 Å². The van der Waals surface area contributed by atoms with E-state index in [0.717, 1.165) is 24.2 Å². The molecule has 1 aromatic carbocycles. The highest BCUT2D eigenvalue weighted by atomic mass is 16.5. The van der Waals surface area contributed by atoms with E-state index >= 15 is 0 Å². The first kappa shape index (κ1) is 18.0. The molecule has 0 bridgehead atoms. The van der Waals surface area contributed by atoms with Gasteiger partial charge in [-0.15, -0.1) is 0 Å². The van der Waals surface area contributed by atoms with Crippen LogP contribution < -0.4 is 4.74 Å². The number of hydrogen-bond acceptors (Lipinski definition) is 3. The van der Waals surface area contributed by atoms with E-state index in [-0.39, 0.29) is 24.5 Å². The number of amides is 2. The van der Waals surface area contributed by atoms with Crippen molar-refractivity contribution in [3.63, 3.8) is 0 Å². The maximum absolute atomic E-state index is 12.2. The van der Waals surface area contributed by atoms with Gasteiger partial charge in [0.25, 0.3) is 0 Å². The lowest BCUT2D eigenvalue weighted by molar-refractivity contribution is -0.138. The number of carbonyl (C=O) groups is 2. The van der Waals surface area contributed by atoms with Gasteiger partial charge < -0.3 is 14.5 Å².